The number of alkyl halides is 3. The quantitative estimate of drug-likeness (QED) is 0.543. The number of piperazine rings is 1. The third-order valence-electron chi connectivity index (χ3n) is 5.61. The van der Waals surface area contributed by atoms with Gasteiger partial charge in [-0.15, -0.1) is 0 Å². The van der Waals surface area contributed by atoms with E-state index in [1.807, 2.05) is 0 Å². The smallest absolute Gasteiger partial charge is 0.366 e. The van der Waals surface area contributed by atoms with Gasteiger partial charge in [-0.25, -0.2) is 14.6 Å². The lowest BCUT2D eigenvalue weighted by Crippen LogP contribution is -2.49. The normalized spacial score (nSPS) is 14.6. The number of carbonyl (C=O) groups is 2. The highest BCUT2D eigenvalue weighted by Gasteiger charge is 2.32. The molecule has 0 saturated carbocycles. The Morgan fingerprint density at radius 3 is 2.35 bits per heavy atom. The van der Waals surface area contributed by atoms with Crippen LogP contribution < -0.4 is 10.6 Å². The molecule has 0 atom stereocenters. The Kier molecular flexibility index (Phi) is 6.35. The van der Waals surface area contributed by atoms with Crippen molar-refractivity contribution in [2.45, 2.75) is 25.6 Å². The zero-order valence-electron chi connectivity index (χ0n) is 17.9. The van der Waals surface area contributed by atoms with Crippen molar-refractivity contribution in [3.8, 4) is 0 Å². The molecule has 2 aromatic heterocycles. The van der Waals surface area contributed by atoms with Crippen LogP contribution in [0.25, 0.3) is 10.9 Å². The fraction of sp³-hybridized carbons (Fsp3) is 0.381. The minimum Gasteiger partial charge on any atom is -0.366 e. The number of nitrogens with zero attached hydrogens (tertiary/aromatic N) is 6. The minimum absolute atomic E-state index is 0.122. The number of benzene rings is 1. The van der Waals surface area contributed by atoms with E-state index < -0.39 is 23.6 Å². The number of amides is 2. The summed E-state index contributed by atoms with van der Waals surface area (Å²) in [5.74, 6) is -1.25. The van der Waals surface area contributed by atoms with Gasteiger partial charge in [-0.2, -0.15) is 22.7 Å². The second-order valence-corrected chi connectivity index (χ2v) is 7.82. The number of aryl methyl sites for hydroxylation is 1. The topological polar surface area (TPSA) is 110 Å². The van der Waals surface area contributed by atoms with Gasteiger partial charge in [0.25, 0.3) is 5.91 Å². The van der Waals surface area contributed by atoms with E-state index in [9.17, 15) is 27.2 Å². The average molecular weight is 479 g/mol. The van der Waals surface area contributed by atoms with Gasteiger partial charge in [-0.05, 0) is 18.6 Å². The van der Waals surface area contributed by atoms with Gasteiger partial charge in [0.1, 0.15) is 5.52 Å². The summed E-state index contributed by atoms with van der Waals surface area (Å²) >= 11 is 0. The van der Waals surface area contributed by atoms with E-state index in [0.717, 1.165) is 17.1 Å². The Hall–Kier alpha value is -3.77. The minimum atomic E-state index is -4.50. The molecule has 0 unspecified atom stereocenters. The summed E-state index contributed by atoms with van der Waals surface area (Å²) in [4.78, 5) is 35.0. The second kappa shape index (κ2) is 9.23. The molecule has 1 saturated heterocycles. The van der Waals surface area contributed by atoms with E-state index in [4.69, 9.17) is 5.73 Å². The van der Waals surface area contributed by atoms with Crippen molar-refractivity contribution in [2.24, 2.45) is 5.73 Å². The first-order chi connectivity index (χ1) is 16.1. The first kappa shape index (κ1) is 23.4. The van der Waals surface area contributed by atoms with Crippen LogP contribution in [0.3, 0.4) is 0 Å². The monoisotopic (exact) mass is 479 g/mol. The van der Waals surface area contributed by atoms with Crippen molar-refractivity contribution >= 4 is 28.7 Å². The van der Waals surface area contributed by atoms with Crippen LogP contribution in [0.1, 0.15) is 28.8 Å². The Morgan fingerprint density at radius 1 is 1.06 bits per heavy atom. The molecule has 4 rings (SSSR count). The number of aromatic nitrogens is 4. The summed E-state index contributed by atoms with van der Waals surface area (Å²) in [6.07, 6.45) is -2.53. The number of rotatable bonds is 6. The van der Waals surface area contributed by atoms with Crippen LogP contribution in [0.2, 0.25) is 0 Å². The van der Waals surface area contributed by atoms with Crippen molar-refractivity contribution in [3.05, 3.63) is 47.7 Å². The zero-order valence-corrected chi connectivity index (χ0v) is 17.9. The summed E-state index contributed by atoms with van der Waals surface area (Å²) in [5.41, 5.74) is 4.70. The van der Waals surface area contributed by atoms with Gasteiger partial charge < -0.3 is 15.5 Å². The van der Waals surface area contributed by atoms with Crippen LogP contribution in [0.15, 0.2) is 30.6 Å². The Morgan fingerprint density at radius 2 is 1.74 bits per heavy atom. The molecule has 1 fully saturated rings. The Bertz CT molecular complexity index is 1200. The maximum Gasteiger partial charge on any atom is 0.419 e. The fourth-order valence-electron chi connectivity index (χ4n) is 3.79. The van der Waals surface area contributed by atoms with Crippen LogP contribution in [-0.4, -0.2) is 62.6 Å². The second-order valence-electron chi connectivity index (χ2n) is 7.82. The van der Waals surface area contributed by atoms with Crippen molar-refractivity contribution in [1.82, 2.24) is 24.6 Å². The Labute approximate surface area is 191 Å². The van der Waals surface area contributed by atoms with E-state index in [1.54, 1.807) is 9.80 Å². The van der Waals surface area contributed by atoms with E-state index in [2.05, 4.69) is 15.1 Å². The lowest BCUT2D eigenvalue weighted by molar-refractivity contribution is -0.138. The number of primary amides is 1. The van der Waals surface area contributed by atoms with Crippen LogP contribution >= 0.6 is 0 Å². The van der Waals surface area contributed by atoms with Crippen LogP contribution in [0.4, 0.5) is 23.5 Å². The maximum atomic E-state index is 14.6. The molecule has 0 spiro atoms. The number of fused-ring (bicyclic) bond motifs is 1. The van der Waals surface area contributed by atoms with Crippen LogP contribution in [0.5, 0.6) is 0 Å². The Balaban J connectivity index is 1.29. The van der Waals surface area contributed by atoms with Crippen molar-refractivity contribution in [2.75, 3.05) is 31.1 Å². The molecule has 13 heteroatoms. The third kappa shape index (κ3) is 4.77. The number of nitrogens with two attached hydrogens (primary N) is 1. The van der Waals surface area contributed by atoms with Gasteiger partial charge in [0, 0.05) is 51.5 Å². The molecule has 9 nitrogen and oxygen atoms in total. The molecule has 34 heavy (non-hydrogen) atoms. The summed E-state index contributed by atoms with van der Waals surface area (Å²) in [7, 11) is 0. The third-order valence-corrected chi connectivity index (χ3v) is 5.61. The number of hydrogen-bond acceptors (Lipinski definition) is 6. The van der Waals surface area contributed by atoms with Crippen molar-refractivity contribution in [3.63, 3.8) is 0 Å². The van der Waals surface area contributed by atoms with Gasteiger partial charge in [0.05, 0.1) is 16.5 Å². The molecule has 0 aliphatic carbocycles. The number of anilines is 1. The number of hydrogen-bond donors (Lipinski definition) is 1. The van der Waals surface area contributed by atoms with Gasteiger partial charge >= 0.3 is 6.18 Å². The standard InChI is InChI=1S/C21H21F4N7O2/c22-18-14-3-1-4-15(19(26)34)17(14)29-32(18)6-2-5-16(33)30-7-9-31(10-8-30)20-27-11-13(12-28-20)21(23,24)25/h1,3-4,11-12H,2,5-10H2,(H2,26,34). The van der Waals surface area contributed by atoms with Gasteiger partial charge in [-0.3, -0.25) is 9.59 Å². The van der Waals surface area contributed by atoms with Gasteiger partial charge in [0.2, 0.25) is 17.8 Å². The molecule has 0 radical (unpaired) electrons. The van der Waals surface area contributed by atoms with Crippen molar-refractivity contribution in [1.29, 1.82) is 0 Å². The van der Waals surface area contributed by atoms with E-state index in [0.29, 0.717) is 32.6 Å². The summed E-state index contributed by atoms with van der Waals surface area (Å²) < 4.78 is 53.7. The lowest BCUT2D eigenvalue weighted by atomic mass is 10.1. The van der Waals surface area contributed by atoms with E-state index in [1.165, 1.54) is 18.2 Å². The highest BCUT2D eigenvalue weighted by atomic mass is 19.4. The van der Waals surface area contributed by atoms with Crippen LogP contribution in [-0.2, 0) is 17.5 Å². The summed E-state index contributed by atoms with van der Waals surface area (Å²) in [6, 6.07) is 4.50. The molecule has 1 aliphatic heterocycles. The molecule has 3 aromatic rings. The fourth-order valence-corrected chi connectivity index (χ4v) is 3.79. The SMILES string of the molecule is NC(=O)c1cccc2c(F)n(CCCC(=O)N3CCN(c4ncc(C(F)(F)F)cn4)CC3)nc12. The molecule has 180 valence electrons. The zero-order chi connectivity index (χ0) is 24.5. The largest absolute Gasteiger partial charge is 0.419 e. The van der Waals surface area contributed by atoms with E-state index in [-0.39, 0.29) is 41.3 Å². The molecule has 2 amide bonds. The molecular formula is C21H21F4N7O2. The average Bonchev–Trinajstić information content (AvgIpc) is 3.14. The lowest BCUT2D eigenvalue weighted by Gasteiger charge is -2.34. The highest BCUT2D eigenvalue weighted by molar-refractivity contribution is 6.04. The molecule has 1 aromatic carbocycles. The van der Waals surface area contributed by atoms with Gasteiger partial charge in [0.15, 0.2) is 0 Å². The molecule has 3 heterocycles. The molecule has 1 aliphatic rings. The molecule has 2 N–H and O–H groups in total. The predicted molar refractivity (Wildman–Crippen MR) is 113 cm³/mol. The predicted octanol–water partition coefficient (Wildman–Crippen LogP) is 2.21. The molecule has 0 bridgehead atoms. The van der Waals surface area contributed by atoms with Crippen LogP contribution in [0, 0.1) is 5.95 Å². The highest BCUT2D eigenvalue weighted by Crippen LogP contribution is 2.28. The first-order valence-corrected chi connectivity index (χ1v) is 10.5. The number of halogens is 4. The summed E-state index contributed by atoms with van der Waals surface area (Å²) in [6.45, 7) is 1.64. The van der Waals surface area contributed by atoms with Crippen molar-refractivity contribution < 1.29 is 27.2 Å². The van der Waals surface area contributed by atoms with Gasteiger partial charge in [-0.1, -0.05) is 6.07 Å². The molecular weight excluding hydrogens is 458 g/mol. The van der Waals surface area contributed by atoms with E-state index >= 15 is 0 Å². The first-order valence-electron chi connectivity index (χ1n) is 10.5. The maximum absolute atomic E-state index is 14.6. The summed E-state index contributed by atoms with van der Waals surface area (Å²) in [5, 5.41) is 4.32. The number of carbonyl (C=O) groups excluding carboxylic acids is 2.